The molecule has 9 heteroatoms. The monoisotopic (exact) mass is 435 g/mol. The molecule has 4 aromatic rings. The summed E-state index contributed by atoms with van der Waals surface area (Å²) in [5.74, 6) is 0.176. The van der Waals surface area contributed by atoms with Gasteiger partial charge in [-0.2, -0.15) is 0 Å². The zero-order chi connectivity index (χ0) is 22.2. The Kier molecular flexibility index (Phi) is 4.85. The highest BCUT2D eigenvalue weighted by Crippen LogP contribution is 2.39. The van der Waals surface area contributed by atoms with Crippen molar-refractivity contribution in [2.75, 3.05) is 25.2 Å². The Bertz CT molecular complexity index is 1340. The smallest absolute Gasteiger partial charge is 0.336 e. The molecule has 0 aliphatic carbocycles. The number of aromatic nitrogens is 2. The van der Waals surface area contributed by atoms with Crippen LogP contribution in [0.1, 0.15) is 16.8 Å². The number of fused-ring (bicyclic) bond motifs is 2. The molecule has 8 nitrogen and oxygen atoms in total. The van der Waals surface area contributed by atoms with E-state index in [1.807, 2.05) is 17.0 Å². The normalized spacial score (nSPS) is 13.4. The molecule has 0 radical (unpaired) electrons. The second kappa shape index (κ2) is 7.84. The lowest BCUT2D eigenvalue weighted by Crippen LogP contribution is -2.19. The van der Waals surface area contributed by atoms with Crippen LogP contribution in [0, 0.1) is 5.82 Å². The van der Waals surface area contributed by atoms with Gasteiger partial charge in [0.15, 0.2) is 5.58 Å². The number of hydrogen-bond acceptors (Lipinski definition) is 7. The Morgan fingerprint density at radius 2 is 2.09 bits per heavy atom. The predicted molar refractivity (Wildman–Crippen MR) is 114 cm³/mol. The minimum Gasteiger partial charge on any atom is -0.497 e. The van der Waals surface area contributed by atoms with Crippen LogP contribution in [0.2, 0.25) is 0 Å². The number of nitrogens with zero attached hydrogens (tertiary/aromatic N) is 3. The maximum Gasteiger partial charge on any atom is 0.336 e. The number of rotatable bonds is 4. The number of aromatic carboxylic acids is 1. The molecular formula is C23H18FN3O5. The highest BCUT2D eigenvalue weighted by Gasteiger charge is 2.24. The fourth-order valence-electron chi connectivity index (χ4n) is 3.67. The molecule has 162 valence electrons. The Labute approximate surface area is 181 Å². The number of hydrogen-bond donors (Lipinski definition) is 1. The molecule has 0 saturated carbocycles. The number of ether oxygens (including phenoxy) is 2. The number of carboxylic acids is 1. The van der Waals surface area contributed by atoms with Crippen LogP contribution in [-0.4, -0.2) is 41.3 Å². The first-order chi connectivity index (χ1) is 15.5. The van der Waals surface area contributed by atoms with Crippen molar-refractivity contribution < 1.29 is 28.2 Å². The molecule has 3 heterocycles. The van der Waals surface area contributed by atoms with Gasteiger partial charge in [-0.05, 0) is 36.8 Å². The zero-order valence-electron chi connectivity index (χ0n) is 17.0. The quantitative estimate of drug-likeness (QED) is 0.494. The van der Waals surface area contributed by atoms with Gasteiger partial charge in [-0.15, -0.1) is 0 Å². The van der Waals surface area contributed by atoms with E-state index in [1.54, 1.807) is 13.2 Å². The molecule has 2 aromatic carbocycles. The van der Waals surface area contributed by atoms with Crippen molar-refractivity contribution in [3.8, 4) is 23.0 Å². The minimum absolute atomic E-state index is 0.0309. The zero-order valence-corrected chi connectivity index (χ0v) is 17.0. The van der Waals surface area contributed by atoms with E-state index in [2.05, 4.69) is 9.97 Å². The largest absolute Gasteiger partial charge is 0.497 e. The Hall–Kier alpha value is -4.14. The lowest BCUT2D eigenvalue weighted by molar-refractivity contribution is 0.0697. The van der Waals surface area contributed by atoms with E-state index in [4.69, 9.17) is 13.9 Å². The number of benzene rings is 2. The van der Waals surface area contributed by atoms with E-state index in [0.717, 1.165) is 12.1 Å². The van der Waals surface area contributed by atoms with Gasteiger partial charge in [0.25, 0.3) is 0 Å². The highest BCUT2D eigenvalue weighted by atomic mass is 19.1. The summed E-state index contributed by atoms with van der Waals surface area (Å²) >= 11 is 0. The van der Waals surface area contributed by atoms with Crippen LogP contribution in [0.4, 0.5) is 15.9 Å². The SMILES string of the molecule is COc1ccc2c(c1)N(c1cc(C(=O)O)c(-c3nc4ccc(F)cc4o3)cn1)CCCO2. The first-order valence-electron chi connectivity index (χ1n) is 9.91. The van der Waals surface area contributed by atoms with E-state index < -0.39 is 11.8 Å². The summed E-state index contributed by atoms with van der Waals surface area (Å²) in [4.78, 5) is 22.8. The number of methoxy groups -OCH3 is 1. The molecule has 0 fully saturated rings. The summed E-state index contributed by atoms with van der Waals surface area (Å²) in [5, 5.41) is 9.88. The maximum absolute atomic E-state index is 13.5. The third-order valence-corrected chi connectivity index (χ3v) is 5.22. The van der Waals surface area contributed by atoms with Gasteiger partial charge >= 0.3 is 5.97 Å². The van der Waals surface area contributed by atoms with E-state index in [0.29, 0.717) is 36.0 Å². The van der Waals surface area contributed by atoms with Crippen molar-refractivity contribution in [1.29, 1.82) is 0 Å². The van der Waals surface area contributed by atoms with Crippen LogP contribution in [0.3, 0.4) is 0 Å². The molecule has 0 saturated heterocycles. The molecule has 0 unspecified atom stereocenters. The van der Waals surface area contributed by atoms with E-state index in [9.17, 15) is 14.3 Å². The second-order valence-corrected chi connectivity index (χ2v) is 7.21. The average molecular weight is 435 g/mol. The average Bonchev–Trinajstić information content (AvgIpc) is 3.10. The summed E-state index contributed by atoms with van der Waals surface area (Å²) in [6, 6.07) is 10.9. The maximum atomic E-state index is 13.5. The third-order valence-electron chi connectivity index (χ3n) is 5.22. The number of halogens is 1. The van der Waals surface area contributed by atoms with Gasteiger partial charge in [-0.1, -0.05) is 0 Å². The van der Waals surface area contributed by atoms with Gasteiger partial charge in [0.2, 0.25) is 5.89 Å². The molecule has 0 amide bonds. The van der Waals surface area contributed by atoms with Gasteiger partial charge in [0.1, 0.15) is 28.7 Å². The standard InChI is InChI=1S/C23H18FN3O5/c1-30-14-4-6-19-18(10-14)27(7-2-8-31-19)21-11-15(23(28)29)16(12-25-21)22-26-17-5-3-13(24)9-20(17)32-22/h3-6,9-12H,2,7-8H2,1H3,(H,28,29). The van der Waals surface area contributed by atoms with Crippen LogP contribution < -0.4 is 14.4 Å². The second-order valence-electron chi connectivity index (χ2n) is 7.21. The van der Waals surface area contributed by atoms with Crippen molar-refractivity contribution >= 4 is 28.6 Å². The van der Waals surface area contributed by atoms with E-state index in [1.165, 1.54) is 30.5 Å². The fourth-order valence-corrected chi connectivity index (χ4v) is 3.67. The number of carboxylic acid groups (broad SMARTS) is 1. The highest BCUT2D eigenvalue weighted by molar-refractivity contribution is 5.96. The topological polar surface area (TPSA) is 97.9 Å². The predicted octanol–water partition coefficient (Wildman–Crippen LogP) is 4.66. The number of carbonyl (C=O) groups is 1. The summed E-state index contributed by atoms with van der Waals surface area (Å²) in [6.07, 6.45) is 2.13. The molecular weight excluding hydrogens is 417 g/mol. The molecule has 32 heavy (non-hydrogen) atoms. The Morgan fingerprint density at radius 1 is 1.22 bits per heavy atom. The summed E-state index contributed by atoms with van der Waals surface area (Å²) < 4.78 is 30.3. The fraction of sp³-hybridized carbons (Fsp3) is 0.174. The summed E-state index contributed by atoms with van der Waals surface area (Å²) in [7, 11) is 1.57. The van der Waals surface area contributed by atoms with E-state index >= 15 is 0 Å². The summed E-state index contributed by atoms with van der Waals surface area (Å²) in [5.41, 5.74) is 1.56. The molecule has 1 aliphatic heterocycles. The third kappa shape index (κ3) is 3.47. The van der Waals surface area contributed by atoms with Crippen molar-refractivity contribution in [3.05, 3.63) is 60.0 Å². The molecule has 0 atom stereocenters. The van der Waals surface area contributed by atoms with Crippen LogP contribution in [0.25, 0.3) is 22.6 Å². The van der Waals surface area contributed by atoms with Crippen molar-refractivity contribution in [2.45, 2.75) is 6.42 Å². The molecule has 0 bridgehead atoms. The summed E-state index contributed by atoms with van der Waals surface area (Å²) in [6.45, 7) is 1.10. The molecule has 2 aromatic heterocycles. The first kappa shape index (κ1) is 19.8. The minimum atomic E-state index is -1.16. The van der Waals surface area contributed by atoms with E-state index in [-0.39, 0.29) is 22.6 Å². The number of oxazole rings is 1. The van der Waals surface area contributed by atoms with Gasteiger partial charge in [0.05, 0.1) is 30.5 Å². The van der Waals surface area contributed by atoms with Crippen molar-refractivity contribution in [3.63, 3.8) is 0 Å². The van der Waals surface area contributed by atoms with Gasteiger partial charge in [-0.25, -0.2) is 19.2 Å². The van der Waals surface area contributed by atoms with Gasteiger partial charge in [0, 0.05) is 24.9 Å². The number of pyridine rings is 1. The van der Waals surface area contributed by atoms with Gasteiger partial charge in [-0.3, -0.25) is 0 Å². The van der Waals surface area contributed by atoms with Crippen LogP contribution in [0.5, 0.6) is 11.5 Å². The molecule has 5 rings (SSSR count). The van der Waals surface area contributed by atoms with Crippen LogP contribution in [0.15, 0.2) is 53.1 Å². The lowest BCUT2D eigenvalue weighted by Gasteiger charge is -2.23. The Morgan fingerprint density at radius 3 is 2.91 bits per heavy atom. The van der Waals surface area contributed by atoms with Crippen LogP contribution >= 0.6 is 0 Å². The number of anilines is 2. The molecule has 0 spiro atoms. The Balaban J connectivity index is 1.61. The van der Waals surface area contributed by atoms with Gasteiger partial charge < -0.3 is 23.9 Å². The lowest BCUT2D eigenvalue weighted by atomic mass is 10.1. The molecule has 1 aliphatic rings. The first-order valence-corrected chi connectivity index (χ1v) is 9.91. The van der Waals surface area contributed by atoms with Crippen molar-refractivity contribution in [2.24, 2.45) is 0 Å². The van der Waals surface area contributed by atoms with Crippen molar-refractivity contribution in [1.82, 2.24) is 9.97 Å². The molecule has 1 N–H and O–H groups in total. The van der Waals surface area contributed by atoms with Crippen LogP contribution in [-0.2, 0) is 0 Å².